The minimum absolute atomic E-state index is 0.250. The summed E-state index contributed by atoms with van der Waals surface area (Å²) in [6.45, 7) is -2.37. The fourth-order valence-corrected chi connectivity index (χ4v) is 3.31. The van der Waals surface area contributed by atoms with Crippen molar-refractivity contribution in [2.75, 3.05) is 13.1 Å². The van der Waals surface area contributed by atoms with Crippen molar-refractivity contribution in [2.45, 2.75) is 31.2 Å². The molecule has 0 radical (unpaired) electrons. The largest absolute Gasteiger partial charge is 0.503 e. The Kier molecular flexibility index (Phi) is 4.80. The number of halogens is 6. The van der Waals surface area contributed by atoms with Gasteiger partial charge in [-0.3, -0.25) is 9.59 Å². The zero-order chi connectivity index (χ0) is 20.9. The van der Waals surface area contributed by atoms with Crippen molar-refractivity contribution in [3.63, 3.8) is 0 Å². The van der Waals surface area contributed by atoms with E-state index in [1.54, 1.807) is 0 Å². The third kappa shape index (κ3) is 3.92. The van der Waals surface area contributed by atoms with Crippen molar-refractivity contribution in [3.05, 3.63) is 46.2 Å². The summed E-state index contributed by atoms with van der Waals surface area (Å²) in [5.74, 6) is -3.41. The highest BCUT2D eigenvalue weighted by Gasteiger charge is 2.41. The Labute approximate surface area is 154 Å². The predicted molar refractivity (Wildman–Crippen MR) is 82.9 cm³/mol. The van der Waals surface area contributed by atoms with Gasteiger partial charge in [0.15, 0.2) is 5.76 Å². The molecule has 152 valence electrons. The highest BCUT2D eigenvalue weighted by molar-refractivity contribution is 6.07. The molecule has 0 saturated carbocycles. The highest BCUT2D eigenvalue weighted by atomic mass is 19.4. The van der Waals surface area contributed by atoms with Crippen LogP contribution < -0.4 is 5.32 Å². The average Bonchev–Trinajstić information content (AvgIpc) is 3.08. The smallest absolute Gasteiger partial charge is 0.416 e. The molecule has 0 bridgehead atoms. The molecular formula is C17H14F6N2O3. The van der Waals surface area contributed by atoms with Gasteiger partial charge in [-0.15, -0.1) is 0 Å². The summed E-state index contributed by atoms with van der Waals surface area (Å²) >= 11 is 0. The number of nitrogens with zero attached hydrogens (tertiary/aromatic N) is 1. The first kappa shape index (κ1) is 20.0. The van der Waals surface area contributed by atoms with Gasteiger partial charge >= 0.3 is 12.4 Å². The van der Waals surface area contributed by atoms with Crippen LogP contribution in [0.15, 0.2) is 29.5 Å². The van der Waals surface area contributed by atoms with E-state index < -0.39 is 60.2 Å². The molecule has 28 heavy (non-hydrogen) atoms. The third-order valence-electron chi connectivity index (χ3n) is 4.63. The summed E-state index contributed by atoms with van der Waals surface area (Å²) in [5.41, 5.74) is -0.575. The molecule has 2 aliphatic rings. The minimum Gasteiger partial charge on any atom is -0.503 e. The standard InChI is InChI=1S/C17H14F6N2O3/c18-16(19,20)7-25-6-11(13(26)15(25)28)14(27)24-12-4-2-8-1-3-9(5-10(8)12)17(21,22)23/h1,3,5,12,26H,2,4,6-7H2,(H,24,27)/t12-/m1/s1. The monoisotopic (exact) mass is 408 g/mol. The van der Waals surface area contributed by atoms with E-state index in [2.05, 4.69) is 5.32 Å². The van der Waals surface area contributed by atoms with Gasteiger partial charge in [0.25, 0.3) is 11.8 Å². The van der Waals surface area contributed by atoms with Crippen LogP contribution in [0.2, 0.25) is 0 Å². The molecule has 0 spiro atoms. The van der Waals surface area contributed by atoms with E-state index in [0.717, 1.165) is 12.1 Å². The lowest BCUT2D eigenvalue weighted by molar-refractivity contribution is -0.157. The van der Waals surface area contributed by atoms with Gasteiger partial charge in [0.2, 0.25) is 0 Å². The molecule has 3 rings (SSSR count). The van der Waals surface area contributed by atoms with E-state index >= 15 is 0 Å². The van der Waals surface area contributed by atoms with Crippen molar-refractivity contribution in [1.29, 1.82) is 0 Å². The van der Waals surface area contributed by atoms with Crippen molar-refractivity contribution in [1.82, 2.24) is 10.2 Å². The summed E-state index contributed by atoms with van der Waals surface area (Å²) < 4.78 is 76.1. The van der Waals surface area contributed by atoms with Crippen LogP contribution in [0.3, 0.4) is 0 Å². The predicted octanol–water partition coefficient (Wildman–Crippen LogP) is 3.03. The maximum absolute atomic E-state index is 12.9. The molecule has 1 aliphatic heterocycles. The molecule has 1 aliphatic carbocycles. The summed E-state index contributed by atoms with van der Waals surface area (Å²) in [4.78, 5) is 24.3. The van der Waals surface area contributed by atoms with Gasteiger partial charge in [-0.1, -0.05) is 6.07 Å². The van der Waals surface area contributed by atoms with Gasteiger partial charge in [-0.25, -0.2) is 0 Å². The summed E-state index contributed by atoms with van der Waals surface area (Å²) in [5, 5.41) is 12.1. The lowest BCUT2D eigenvalue weighted by atomic mass is 10.0. The minimum atomic E-state index is -4.71. The topological polar surface area (TPSA) is 69.6 Å². The number of amides is 2. The molecule has 0 unspecified atom stereocenters. The highest BCUT2D eigenvalue weighted by Crippen LogP contribution is 2.37. The molecule has 5 nitrogen and oxygen atoms in total. The molecule has 1 aromatic rings. The lowest BCUT2D eigenvalue weighted by Crippen LogP contribution is -2.37. The van der Waals surface area contributed by atoms with Gasteiger partial charge in [-0.2, -0.15) is 26.3 Å². The first-order chi connectivity index (χ1) is 12.9. The van der Waals surface area contributed by atoms with E-state index in [9.17, 15) is 41.0 Å². The average molecular weight is 408 g/mol. The Hall–Kier alpha value is -2.72. The van der Waals surface area contributed by atoms with Crippen LogP contribution in [0.5, 0.6) is 0 Å². The van der Waals surface area contributed by atoms with Crippen LogP contribution in [0, 0.1) is 0 Å². The van der Waals surface area contributed by atoms with Gasteiger partial charge in [-0.05, 0) is 36.1 Å². The normalized spacial score (nSPS) is 20.0. The Morgan fingerprint density at radius 1 is 1.21 bits per heavy atom. The number of hydrogen-bond acceptors (Lipinski definition) is 3. The van der Waals surface area contributed by atoms with E-state index in [4.69, 9.17) is 0 Å². The second-order valence-corrected chi connectivity index (χ2v) is 6.58. The van der Waals surface area contributed by atoms with Crippen LogP contribution >= 0.6 is 0 Å². The van der Waals surface area contributed by atoms with Crippen LogP contribution in [0.1, 0.15) is 29.2 Å². The molecule has 0 fully saturated rings. The number of carbonyl (C=O) groups excluding carboxylic acids is 2. The van der Waals surface area contributed by atoms with Crippen LogP contribution in [0.25, 0.3) is 0 Å². The first-order valence-corrected chi connectivity index (χ1v) is 8.16. The van der Waals surface area contributed by atoms with Crippen molar-refractivity contribution >= 4 is 11.8 Å². The lowest BCUT2D eigenvalue weighted by Gasteiger charge is -2.19. The summed E-state index contributed by atoms with van der Waals surface area (Å²) in [7, 11) is 0. The fourth-order valence-electron chi connectivity index (χ4n) is 3.31. The maximum Gasteiger partial charge on any atom is 0.416 e. The molecule has 2 N–H and O–H groups in total. The summed E-state index contributed by atoms with van der Waals surface area (Å²) in [6.07, 6.45) is -8.58. The number of aliphatic hydroxyl groups excluding tert-OH is 1. The number of nitrogens with one attached hydrogen (secondary N) is 1. The molecule has 2 amide bonds. The number of aliphatic hydroxyl groups is 1. The zero-order valence-electron chi connectivity index (χ0n) is 14.1. The van der Waals surface area contributed by atoms with E-state index in [1.165, 1.54) is 6.07 Å². The van der Waals surface area contributed by atoms with Crippen LogP contribution in [0.4, 0.5) is 26.3 Å². The van der Waals surface area contributed by atoms with Crippen molar-refractivity contribution in [3.8, 4) is 0 Å². The van der Waals surface area contributed by atoms with Crippen molar-refractivity contribution < 1.29 is 41.0 Å². The molecule has 1 atom stereocenters. The number of carbonyl (C=O) groups is 2. The Bertz CT molecular complexity index is 859. The molecule has 11 heteroatoms. The molecule has 0 saturated heterocycles. The number of alkyl halides is 6. The number of benzene rings is 1. The van der Waals surface area contributed by atoms with Gasteiger partial charge in [0, 0.05) is 0 Å². The van der Waals surface area contributed by atoms with Gasteiger partial charge < -0.3 is 15.3 Å². The number of hydrogen-bond donors (Lipinski definition) is 2. The second kappa shape index (κ2) is 6.71. The molecule has 1 aromatic carbocycles. The second-order valence-electron chi connectivity index (χ2n) is 6.58. The first-order valence-electron chi connectivity index (χ1n) is 8.16. The molecule has 1 heterocycles. The zero-order valence-corrected chi connectivity index (χ0v) is 14.1. The third-order valence-corrected chi connectivity index (χ3v) is 4.63. The fraction of sp³-hybridized carbons (Fsp3) is 0.412. The van der Waals surface area contributed by atoms with Crippen LogP contribution in [-0.4, -0.2) is 41.1 Å². The number of aryl methyl sites for hydroxylation is 1. The Balaban J connectivity index is 1.76. The quantitative estimate of drug-likeness (QED) is 0.756. The van der Waals surface area contributed by atoms with Gasteiger partial charge in [0.1, 0.15) is 6.54 Å². The van der Waals surface area contributed by atoms with E-state index in [0.29, 0.717) is 12.0 Å². The van der Waals surface area contributed by atoms with E-state index in [-0.39, 0.29) is 16.9 Å². The number of fused-ring (bicyclic) bond motifs is 1. The Morgan fingerprint density at radius 3 is 2.50 bits per heavy atom. The maximum atomic E-state index is 12.9. The number of rotatable bonds is 3. The van der Waals surface area contributed by atoms with Gasteiger partial charge in [0.05, 0.1) is 23.7 Å². The van der Waals surface area contributed by atoms with Crippen LogP contribution in [-0.2, 0) is 22.2 Å². The summed E-state index contributed by atoms with van der Waals surface area (Å²) in [6, 6.07) is 2.35. The Morgan fingerprint density at radius 2 is 1.89 bits per heavy atom. The van der Waals surface area contributed by atoms with Crippen molar-refractivity contribution in [2.24, 2.45) is 0 Å². The molecular weight excluding hydrogens is 394 g/mol. The SMILES string of the molecule is O=C(N[C@@H]1CCc2ccc(C(F)(F)F)cc21)C1=C(O)C(=O)N(CC(F)(F)F)C1. The van der Waals surface area contributed by atoms with E-state index in [1.807, 2.05) is 0 Å². The molecule has 0 aromatic heterocycles.